The van der Waals surface area contributed by atoms with Crippen LogP contribution in [-0.4, -0.2) is 38.2 Å². The fourth-order valence-electron chi connectivity index (χ4n) is 3.02. The number of hydrogen-bond acceptors (Lipinski definition) is 5. The van der Waals surface area contributed by atoms with Crippen LogP contribution in [0.3, 0.4) is 0 Å². The summed E-state index contributed by atoms with van der Waals surface area (Å²) in [6.45, 7) is 4.55. The van der Waals surface area contributed by atoms with Crippen molar-refractivity contribution in [2.75, 3.05) is 19.0 Å². The second-order valence-electron chi connectivity index (χ2n) is 6.64. The van der Waals surface area contributed by atoms with Gasteiger partial charge in [0.1, 0.15) is 5.65 Å². The van der Waals surface area contributed by atoms with Crippen LogP contribution in [0.4, 0.5) is 5.69 Å². The van der Waals surface area contributed by atoms with E-state index in [0.717, 1.165) is 39.3 Å². The molecule has 0 aliphatic heterocycles. The number of nitrogens with zero attached hydrogens (tertiary/aromatic N) is 6. The van der Waals surface area contributed by atoms with E-state index < -0.39 is 0 Å². The third-order valence-corrected chi connectivity index (χ3v) is 5.41. The minimum absolute atomic E-state index is 0.655. The van der Waals surface area contributed by atoms with Gasteiger partial charge in [0.05, 0.1) is 5.69 Å². The molecule has 28 heavy (non-hydrogen) atoms. The van der Waals surface area contributed by atoms with Crippen LogP contribution >= 0.6 is 11.8 Å². The van der Waals surface area contributed by atoms with Crippen molar-refractivity contribution >= 4 is 23.1 Å². The summed E-state index contributed by atoms with van der Waals surface area (Å²) in [5.74, 6) is 1.58. The first-order valence-corrected chi connectivity index (χ1v) is 10.0. The molecule has 0 atom stereocenters. The van der Waals surface area contributed by atoms with Crippen molar-refractivity contribution in [3.8, 4) is 11.4 Å². The maximum Gasteiger partial charge on any atom is 0.192 e. The average Bonchev–Trinajstić information content (AvgIpc) is 3.30. The van der Waals surface area contributed by atoms with Crippen molar-refractivity contribution in [2.24, 2.45) is 0 Å². The Kier molecular flexibility index (Phi) is 5.16. The molecular formula is C21H22N6S. The molecule has 0 N–H and O–H groups in total. The van der Waals surface area contributed by atoms with E-state index in [9.17, 15) is 0 Å². The summed E-state index contributed by atoms with van der Waals surface area (Å²) in [6, 6.07) is 14.3. The molecule has 6 nitrogen and oxygen atoms in total. The van der Waals surface area contributed by atoms with Gasteiger partial charge >= 0.3 is 0 Å². The predicted molar refractivity (Wildman–Crippen MR) is 115 cm³/mol. The van der Waals surface area contributed by atoms with E-state index in [4.69, 9.17) is 0 Å². The van der Waals surface area contributed by atoms with Crippen molar-refractivity contribution < 1.29 is 0 Å². The normalized spacial score (nSPS) is 11.1. The number of imidazole rings is 1. The lowest BCUT2D eigenvalue weighted by Crippen LogP contribution is -2.08. The van der Waals surface area contributed by atoms with Crippen molar-refractivity contribution in [3.05, 3.63) is 73.2 Å². The van der Waals surface area contributed by atoms with Gasteiger partial charge < -0.3 is 9.30 Å². The van der Waals surface area contributed by atoms with Crippen LogP contribution in [0, 0.1) is 0 Å². The largest absolute Gasteiger partial charge is 0.378 e. The molecule has 3 heterocycles. The number of fused-ring (bicyclic) bond motifs is 1. The Labute approximate surface area is 168 Å². The highest BCUT2D eigenvalue weighted by Gasteiger charge is 2.15. The summed E-state index contributed by atoms with van der Waals surface area (Å²) < 4.78 is 4.13. The molecule has 4 aromatic rings. The van der Waals surface area contributed by atoms with E-state index in [1.807, 2.05) is 55.0 Å². The second-order valence-corrected chi connectivity index (χ2v) is 7.58. The SMILES string of the molecule is C=CCn1c(SCc2cn3ccccc3n2)nnc1-c1cccc(N(C)C)c1. The van der Waals surface area contributed by atoms with E-state index in [2.05, 4.69) is 55.6 Å². The van der Waals surface area contributed by atoms with E-state index in [1.165, 1.54) is 0 Å². The summed E-state index contributed by atoms with van der Waals surface area (Å²) in [4.78, 5) is 6.74. The number of allylic oxidation sites excluding steroid dienone is 1. The molecule has 3 aromatic heterocycles. The molecule has 0 fully saturated rings. The van der Waals surface area contributed by atoms with Crippen molar-refractivity contribution in [1.82, 2.24) is 24.1 Å². The Bertz CT molecular complexity index is 1080. The number of rotatable bonds is 7. The van der Waals surface area contributed by atoms with Crippen LogP contribution in [0.2, 0.25) is 0 Å². The maximum atomic E-state index is 4.66. The van der Waals surface area contributed by atoms with Gasteiger partial charge in [0.2, 0.25) is 0 Å². The molecule has 0 amide bonds. The molecule has 0 bridgehead atoms. The Morgan fingerprint density at radius 3 is 2.82 bits per heavy atom. The van der Waals surface area contributed by atoms with E-state index in [1.54, 1.807) is 11.8 Å². The lowest BCUT2D eigenvalue weighted by molar-refractivity contribution is 0.731. The topological polar surface area (TPSA) is 51.3 Å². The molecule has 0 aliphatic carbocycles. The molecule has 0 saturated heterocycles. The fourth-order valence-corrected chi connectivity index (χ4v) is 3.85. The van der Waals surface area contributed by atoms with E-state index in [-0.39, 0.29) is 0 Å². The van der Waals surface area contributed by atoms with Crippen LogP contribution in [0.25, 0.3) is 17.0 Å². The van der Waals surface area contributed by atoms with Gasteiger partial charge in [-0.05, 0) is 24.3 Å². The first-order chi connectivity index (χ1) is 13.7. The summed E-state index contributed by atoms with van der Waals surface area (Å²) in [5.41, 5.74) is 4.14. The summed E-state index contributed by atoms with van der Waals surface area (Å²) in [6.07, 6.45) is 5.93. The third kappa shape index (κ3) is 3.66. The molecule has 4 rings (SSSR count). The molecule has 0 spiro atoms. The summed E-state index contributed by atoms with van der Waals surface area (Å²) >= 11 is 1.64. The predicted octanol–water partition coefficient (Wildman–Crippen LogP) is 4.14. The van der Waals surface area contributed by atoms with Crippen molar-refractivity contribution in [2.45, 2.75) is 17.5 Å². The minimum atomic E-state index is 0.655. The Hall–Kier alpha value is -3.06. The van der Waals surface area contributed by atoms with Crippen molar-refractivity contribution in [1.29, 1.82) is 0 Å². The van der Waals surface area contributed by atoms with Gasteiger partial charge in [-0.1, -0.05) is 36.0 Å². The number of hydrogen-bond donors (Lipinski definition) is 0. The van der Waals surface area contributed by atoms with Crippen LogP contribution < -0.4 is 4.90 Å². The first kappa shape index (κ1) is 18.3. The standard InChI is InChI=1S/C21H22N6S/c1-4-11-27-20(16-8-7-9-18(13-16)25(2)3)23-24-21(27)28-15-17-14-26-12-6-5-10-19(26)22-17/h4-10,12-14H,1,11,15H2,2-3H3. The van der Waals surface area contributed by atoms with Gasteiger partial charge in [-0.3, -0.25) is 4.57 Å². The Balaban J connectivity index is 1.61. The second kappa shape index (κ2) is 7.90. The number of pyridine rings is 1. The van der Waals surface area contributed by atoms with E-state index in [0.29, 0.717) is 6.54 Å². The first-order valence-electron chi connectivity index (χ1n) is 9.03. The number of thioether (sulfide) groups is 1. The van der Waals surface area contributed by atoms with Gasteiger partial charge in [-0.15, -0.1) is 16.8 Å². The van der Waals surface area contributed by atoms with Gasteiger partial charge in [0, 0.05) is 50.0 Å². The highest BCUT2D eigenvalue weighted by Crippen LogP contribution is 2.28. The maximum absolute atomic E-state index is 4.66. The Morgan fingerprint density at radius 1 is 1.14 bits per heavy atom. The molecule has 0 radical (unpaired) electrons. The average molecular weight is 391 g/mol. The van der Waals surface area contributed by atoms with Crippen LogP contribution in [0.15, 0.2) is 72.7 Å². The quantitative estimate of drug-likeness (QED) is 0.351. The van der Waals surface area contributed by atoms with Crippen LogP contribution in [-0.2, 0) is 12.3 Å². The fraction of sp³-hybridized carbons (Fsp3) is 0.190. The lowest BCUT2D eigenvalue weighted by atomic mass is 10.2. The molecule has 1 aromatic carbocycles. The van der Waals surface area contributed by atoms with Crippen LogP contribution in [0.1, 0.15) is 5.69 Å². The highest BCUT2D eigenvalue weighted by atomic mass is 32.2. The molecule has 142 valence electrons. The number of benzene rings is 1. The number of anilines is 1. The van der Waals surface area contributed by atoms with Gasteiger partial charge in [-0.2, -0.15) is 0 Å². The molecule has 0 saturated carbocycles. The monoisotopic (exact) mass is 390 g/mol. The smallest absolute Gasteiger partial charge is 0.192 e. The van der Waals surface area contributed by atoms with Crippen molar-refractivity contribution in [3.63, 3.8) is 0 Å². The summed E-state index contributed by atoms with van der Waals surface area (Å²) in [7, 11) is 4.06. The highest BCUT2D eigenvalue weighted by molar-refractivity contribution is 7.98. The van der Waals surface area contributed by atoms with E-state index >= 15 is 0 Å². The molecule has 0 aliphatic rings. The zero-order chi connectivity index (χ0) is 19.5. The minimum Gasteiger partial charge on any atom is -0.378 e. The Morgan fingerprint density at radius 2 is 2.04 bits per heavy atom. The molecule has 0 unspecified atom stereocenters. The zero-order valence-corrected chi connectivity index (χ0v) is 16.8. The molecular weight excluding hydrogens is 368 g/mol. The van der Waals surface area contributed by atoms with Gasteiger partial charge in [0.15, 0.2) is 11.0 Å². The lowest BCUT2D eigenvalue weighted by Gasteiger charge is -2.14. The zero-order valence-electron chi connectivity index (χ0n) is 16.0. The van der Waals surface area contributed by atoms with Crippen LogP contribution in [0.5, 0.6) is 0 Å². The van der Waals surface area contributed by atoms with Gasteiger partial charge in [0.25, 0.3) is 0 Å². The third-order valence-electron chi connectivity index (χ3n) is 4.41. The number of aromatic nitrogens is 5. The summed E-state index contributed by atoms with van der Waals surface area (Å²) in [5, 5.41) is 9.76. The molecule has 7 heteroatoms. The van der Waals surface area contributed by atoms with Gasteiger partial charge in [-0.25, -0.2) is 4.98 Å².